The van der Waals surface area contributed by atoms with E-state index in [1.54, 1.807) is 26.4 Å². The molecule has 0 bridgehead atoms. The topological polar surface area (TPSA) is 67.5 Å². The highest BCUT2D eigenvalue weighted by molar-refractivity contribution is 6.01. The van der Waals surface area contributed by atoms with Crippen LogP contribution in [0.2, 0.25) is 0 Å². The molecule has 1 atom stereocenters. The first-order valence-electron chi connectivity index (χ1n) is 8.73. The molecule has 0 amide bonds. The van der Waals surface area contributed by atoms with Crippen molar-refractivity contribution in [2.75, 3.05) is 27.4 Å². The zero-order valence-electron chi connectivity index (χ0n) is 15.6. The third kappa shape index (κ3) is 5.07. The van der Waals surface area contributed by atoms with Gasteiger partial charge in [-0.2, -0.15) is 0 Å². The highest BCUT2D eigenvalue weighted by Crippen LogP contribution is 2.30. The van der Waals surface area contributed by atoms with Crippen molar-refractivity contribution in [3.8, 4) is 11.5 Å². The van der Waals surface area contributed by atoms with Gasteiger partial charge in [0.2, 0.25) is 0 Å². The average molecular weight is 356 g/mol. The van der Waals surface area contributed by atoms with Gasteiger partial charge < -0.3 is 14.8 Å². The number of ketones is 1. The second-order valence-electron chi connectivity index (χ2n) is 6.11. The third-order valence-corrected chi connectivity index (χ3v) is 4.41. The van der Waals surface area contributed by atoms with E-state index in [2.05, 4.69) is 5.32 Å². The van der Waals surface area contributed by atoms with Crippen LogP contribution in [0, 0.1) is 6.92 Å². The summed E-state index contributed by atoms with van der Waals surface area (Å²) in [7, 11) is 3.14. The fraction of sp³-hybridized carbons (Fsp3) is 0.381. The van der Waals surface area contributed by atoms with Gasteiger partial charge >= 0.3 is 0 Å². The summed E-state index contributed by atoms with van der Waals surface area (Å²) in [5.74, 6) is 1.16. The van der Waals surface area contributed by atoms with Crippen LogP contribution in [-0.2, 0) is 11.5 Å². The van der Waals surface area contributed by atoms with Crippen molar-refractivity contribution >= 4 is 5.78 Å². The number of methoxy groups -OCH3 is 2. The number of hydrogen-bond donors (Lipinski definition) is 1. The molecule has 0 fully saturated rings. The Morgan fingerprint density at radius 3 is 2.23 bits per heavy atom. The van der Waals surface area contributed by atoms with Gasteiger partial charge in [0.05, 0.1) is 26.9 Å². The lowest BCUT2D eigenvalue weighted by Crippen LogP contribution is -2.38. The summed E-state index contributed by atoms with van der Waals surface area (Å²) in [5.41, 5.74) is 2.52. The lowest BCUT2D eigenvalue weighted by Gasteiger charge is -2.19. The molecular weight excluding hydrogens is 330 g/mol. The quantitative estimate of drug-likeness (QED) is 0.664. The van der Waals surface area contributed by atoms with Crippen LogP contribution >= 0.6 is 0 Å². The van der Waals surface area contributed by atoms with E-state index in [9.17, 15) is 9.90 Å². The highest BCUT2D eigenvalue weighted by atomic mass is 16.5. The molecule has 2 aromatic carbocycles. The Kier molecular flexibility index (Phi) is 7.63. The third-order valence-electron chi connectivity index (χ3n) is 4.41. The zero-order valence-corrected chi connectivity index (χ0v) is 15.6. The number of rotatable bonds is 10. The molecule has 0 aliphatic heterocycles. The maximum atomic E-state index is 13.0. The Hall–Kier alpha value is -2.37. The number of benzene rings is 2. The fourth-order valence-corrected chi connectivity index (χ4v) is 2.94. The van der Waals surface area contributed by atoms with E-state index < -0.39 is 6.04 Å². The molecular formula is C21H26NO4. The van der Waals surface area contributed by atoms with Crippen molar-refractivity contribution in [3.63, 3.8) is 0 Å². The highest BCUT2D eigenvalue weighted by Gasteiger charge is 2.22. The van der Waals surface area contributed by atoms with Crippen LogP contribution in [0.15, 0.2) is 42.5 Å². The average Bonchev–Trinajstić information content (AvgIpc) is 2.68. The molecule has 5 heteroatoms. The van der Waals surface area contributed by atoms with Crippen LogP contribution in [0.25, 0.3) is 0 Å². The number of carbonyl (C=O) groups excluding carboxylic acids is 1. The SMILES string of the molecule is COc1cc(C(=O)C(CCc2ccccc2)NCC[O])cc(OC)c1C. The molecule has 5 nitrogen and oxygen atoms in total. The molecule has 1 radical (unpaired) electrons. The number of nitrogens with one attached hydrogen (secondary N) is 1. The Bertz CT molecular complexity index is 690. The van der Waals surface area contributed by atoms with Crippen LogP contribution in [0.4, 0.5) is 0 Å². The van der Waals surface area contributed by atoms with E-state index in [1.165, 1.54) is 0 Å². The Balaban J connectivity index is 2.22. The molecule has 2 rings (SSSR count). The Morgan fingerprint density at radius 1 is 1.08 bits per heavy atom. The minimum absolute atomic E-state index is 0.0639. The summed E-state index contributed by atoms with van der Waals surface area (Å²) in [4.78, 5) is 13.0. The largest absolute Gasteiger partial charge is 0.496 e. The second kappa shape index (κ2) is 9.94. The van der Waals surface area contributed by atoms with Gasteiger partial charge in [-0.05, 0) is 37.5 Å². The van der Waals surface area contributed by atoms with Crippen LogP contribution in [0.1, 0.15) is 27.9 Å². The van der Waals surface area contributed by atoms with E-state index in [0.29, 0.717) is 23.5 Å². The molecule has 2 aromatic rings. The predicted molar refractivity (Wildman–Crippen MR) is 101 cm³/mol. The van der Waals surface area contributed by atoms with Gasteiger partial charge in [0.15, 0.2) is 5.78 Å². The first-order chi connectivity index (χ1) is 12.6. The maximum absolute atomic E-state index is 13.0. The van der Waals surface area contributed by atoms with Gasteiger partial charge in [-0.25, -0.2) is 5.11 Å². The van der Waals surface area contributed by atoms with E-state index in [4.69, 9.17) is 9.47 Å². The summed E-state index contributed by atoms with van der Waals surface area (Å²) in [6.07, 6.45) is 1.37. The van der Waals surface area contributed by atoms with Gasteiger partial charge in [0.1, 0.15) is 11.5 Å². The first-order valence-corrected chi connectivity index (χ1v) is 8.73. The van der Waals surface area contributed by atoms with Crippen LogP contribution < -0.4 is 14.8 Å². The normalized spacial score (nSPS) is 11.8. The molecule has 1 N–H and O–H groups in total. The van der Waals surface area contributed by atoms with Crippen LogP contribution in [0.3, 0.4) is 0 Å². The Morgan fingerprint density at radius 2 is 1.69 bits per heavy atom. The van der Waals surface area contributed by atoms with Crippen molar-refractivity contribution in [1.29, 1.82) is 0 Å². The molecule has 0 saturated carbocycles. The molecule has 139 valence electrons. The van der Waals surface area contributed by atoms with Gasteiger partial charge in [0, 0.05) is 17.7 Å². The van der Waals surface area contributed by atoms with E-state index >= 15 is 0 Å². The van der Waals surface area contributed by atoms with E-state index in [-0.39, 0.29) is 18.9 Å². The fourth-order valence-electron chi connectivity index (χ4n) is 2.94. The van der Waals surface area contributed by atoms with Crippen LogP contribution in [-0.4, -0.2) is 39.2 Å². The van der Waals surface area contributed by atoms with Crippen molar-refractivity contribution in [2.45, 2.75) is 25.8 Å². The van der Waals surface area contributed by atoms with Gasteiger partial charge in [-0.15, -0.1) is 0 Å². The van der Waals surface area contributed by atoms with E-state index in [1.807, 2.05) is 37.3 Å². The molecule has 0 aliphatic carbocycles. The minimum atomic E-state index is -0.429. The smallest absolute Gasteiger partial charge is 0.180 e. The van der Waals surface area contributed by atoms with Crippen molar-refractivity contribution in [3.05, 3.63) is 59.2 Å². The Labute approximate surface area is 155 Å². The molecule has 0 heterocycles. The van der Waals surface area contributed by atoms with Gasteiger partial charge in [0.25, 0.3) is 0 Å². The van der Waals surface area contributed by atoms with Gasteiger partial charge in [-0.3, -0.25) is 4.79 Å². The summed E-state index contributed by atoms with van der Waals surface area (Å²) in [5, 5.41) is 14.0. The summed E-state index contributed by atoms with van der Waals surface area (Å²) in [6, 6.07) is 13.0. The molecule has 0 aliphatic rings. The summed E-state index contributed by atoms with van der Waals surface area (Å²) >= 11 is 0. The second-order valence-corrected chi connectivity index (χ2v) is 6.11. The molecule has 0 spiro atoms. The first kappa shape index (κ1) is 19.9. The van der Waals surface area contributed by atoms with Crippen molar-refractivity contribution < 1.29 is 19.4 Å². The molecule has 0 saturated heterocycles. The summed E-state index contributed by atoms with van der Waals surface area (Å²) in [6.45, 7) is 1.87. The standard InChI is InChI=1S/C21H26NO4/c1-15-19(25-2)13-17(14-20(15)26-3)21(24)18(22-11-12-23)10-9-16-7-5-4-6-8-16/h4-8,13-14,18,22H,9-12H2,1-3H3. The monoisotopic (exact) mass is 356 g/mol. The van der Waals surface area contributed by atoms with Crippen LogP contribution in [0.5, 0.6) is 11.5 Å². The maximum Gasteiger partial charge on any atom is 0.180 e. The molecule has 0 aromatic heterocycles. The number of aryl methyl sites for hydroxylation is 1. The lowest BCUT2D eigenvalue weighted by molar-refractivity contribution is 0.0929. The van der Waals surface area contributed by atoms with Gasteiger partial charge in [-0.1, -0.05) is 30.3 Å². The number of hydrogen-bond acceptors (Lipinski definition) is 4. The number of carbonyl (C=O) groups is 1. The molecule has 26 heavy (non-hydrogen) atoms. The lowest BCUT2D eigenvalue weighted by atomic mass is 9.96. The molecule has 1 unspecified atom stereocenters. The number of Topliss-reactive ketones (excluding diaryl/α,β-unsaturated/α-hetero) is 1. The van der Waals surface area contributed by atoms with Crippen molar-refractivity contribution in [1.82, 2.24) is 5.32 Å². The van der Waals surface area contributed by atoms with Crippen molar-refractivity contribution in [2.24, 2.45) is 0 Å². The summed E-state index contributed by atoms with van der Waals surface area (Å²) < 4.78 is 10.7. The predicted octanol–water partition coefficient (Wildman–Crippen LogP) is 3.22. The number of ether oxygens (including phenoxy) is 2. The van der Waals surface area contributed by atoms with E-state index in [0.717, 1.165) is 17.5 Å². The zero-order chi connectivity index (χ0) is 18.9. The minimum Gasteiger partial charge on any atom is -0.496 e.